The lowest BCUT2D eigenvalue weighted by Gasteiger charge is -2.16. The van der Waals surface area contributed by atoms with Crippen molar-refractivity contribution in [2.45, 2.75) is 23.9 Å². The van der Waals surface area contributed by atoms with Crippen LogP contribution in [0.3, 0.4) is 0 Å². The average Bonchev–Trinajstić information content (AvgIpc) is 3.31. The molecule has 0 saturated carbocycles. The van der Waals surface area contributed by atoms with Crippen LogP contribution in [-0.4, -0.2) is 25.5 Å². The molecule has 1 N–H and O–H groups in total. The van der Waals surface area contributed by atoms with Crippen LogP contribution in [0.15, 0.2) is 78.6 Å². The van der Waals surface area contributed by atoms with Gasteiger partial charge in [0.2, 0.25) is 0 Å². The first kappa shape index (κ1) is 18.3. The summed E-state index contributed by atoms with van der Waals surface area (Å²) in [5, 5.41) is 9.69. The second-order valence-electron chi connectivity index (χ2n) is 6.45. The zero-order valence-electron chi connectivity index (χ0n) is 15.5. The van der Waals surface area contributed by atoms with Crippen molar-refractivity contribution >= 4 is 28.4 Å². The van der Waals surface area contributed by atoms with Crippen LogP contribution in [0.25, 0.3) is 10.9 Å². The number of Topliss-reactive ketones (excluding diaryl/α,β-unsaturated/α-hetero) is 1. The van der Waals surface area contributed by atoms with E-state index in [0.717, 1.165) is 22.3 Å². The lowest BCUT2D eigenvalue weighted by atomic mass is 10.0. The van der Waals surface area contributed by atoms with Gasteiger partial charge >= 0.3 is 0 Å². The maximum atomic E-state index is 13.6. The Morgan fingerprint density at radius 1 is 1.18 bits per heavy atom. The van der Waals surface area contributed by atoms with E-state index in [1.54, 1.807) is 12.3 Å². The number of allylic oxidation sites excluding steroid dienone is 1. The number of hydrogen-bond acceptors (Lipinski definition) is 4. The van der Waals surface area contributed by atoms with Crippen molar-refractivity contribution in [2.75, 3.05) is 0 Å². The van der Waals surface area contributed by atoms with Gasteiger partial charge in [-0.3, -0.25) is 4.79 Å². The molecule has 1 atom stereocenters. The number of nitrogens with zero attached hydrogens (tertiary/aromatic N) is 3. The number of para-hydroxylation sites is 1. The molecule has 6 heteroatoms. The summed E-state index contributed by atoms with van der Waals surface area (Å²) in [4.78, 5) is 16.8. The molecule has 0 bridgehead atoms. The Morgan fingerprint density at radius 3 is 2.71 bits per heavy atom. The van der Waals surface area contributed by atoms with Gasteiger partial charge in [-0.2, -0.15) is 0 Å². The molecule has 5 nitrogen and oxygen atoms in total. The third-order valence-corrected chi connectivity index (χ3v) is 5.87. The Balaban J connectivity index is 1.76. The van der Waals surface area contributed by atoms with Crippen LogP contribution in [0.4, 0.5) is 0 Å². The molecule has 4 rings (SSSR count). The number of ketones is 1. The van der Waals surface area contributed by atoms with Gasteiger partial charge in [0, 0.05) is 29.2 Å². The molecule has 1 unspecified atom stereocenters. The van der Waals surface area contributed by atoms with E-state index in [2.05, 4.69) is 21.8 Å². The zero-order valence-corrected chi connectivity index (χ0v) is 16.3. The molecule has 2 aromatic heterocycles. The number of hydrogen-bond donors (Lipinski definition) is 1. The highest BCUT2D eigenvalue weighted by Gasteiger charge is 2.27. The first-order valence-electron chi connectivity index (χ1n) is 9.01. The SMILES string of the molecule is C=CCn1c(C)nnc1SC(C(=O)c1c[nH]c2ccccc12)c1ccccc1. The first-order valence-corrected chi connectivity index (χ1v) is 9.89. The lowest BCUT2D eigenvalue weighted by Crippen LogP contribution is -2.11. The van der Waals surface area contributed by atoms with Crippen molar-refractivity contribution < 1.29 is 4.79 Å². The Hall–Kier alpha value is -3.12. The number of aromatic nitrogens is 4. The van der Waals surface area contributed by atoms with E-state index in [0.29, 0.717) is 17.3 Å². The number of carbonyl (C=O) groups is 1. The topological polar surface area (TPSA) is 63.6 Å². The van der Waals surface area contributed by atoms with Crippen molar-refractivity contribution in [3.05, 3.63) is 90.4 Å². The van der Waals surface area contributed by atoms with Gasteiger partial charge in [0.25, 0.3) is 0 Å². The minimum atomic E-state index is -0.424. The van der Waals surface area contributed by atoms with Gasteiger partial charge in [-0.25, -0.2) is 0 Å². The maximum Gasteiger partial charge on any atom is 0.192 e. The standard InChI is InChI=1S/C22H20N4OS/c1-3-13-26-15(2)24-25-22(26)28-21(16-9-5-4-6-10-16)20(27)18-14-23-19-12-8-7-11-17(18)19/h3-12,14,21,23H,1,13H2,2H3. The van der Waals surface area contributed by atoms with Crippen LogP contribution in [0.5, 0.6) is 0 Å². The summed E-state index contributed by atoms with van der Waals surface area (Å²) >= 11 is 1.42. The summed E-state index contributed by atoms with van der Waals surface area (Å²) in [5.74, 6) is 0.841. The largest absolute Gasteiger partial charge is 0.360 e. The van der Waals surface area contributed by atoms with E-state index in [4.69, 9.17) is 0 Å². The van der Waals surface area contributed by atoms with E-state index in [1.165, 1.54) is 11.8 Å². The van der Waals surface area contributed by atoms with Crippen molar-refractivity contribution in [3.8, 4) is 0 Å². The summed E-state index contributed by atoms with van der Waals surface area (Å²) in [6.07, 6.45) is 3.60. The Kier molecular flexibility index (Phi) is 5.12. The number of carbonyl (C=O) groups excluding carboxylic acids is 1. The quantitative estimate of drug-likeness (QED) is 0.276. The van der Waals surface area contributed by atoms with Crippen molar-refractivity contribution in [3.63, 3.8) is 0 Å². The fraction of sp³-hybridized carbons (Fsp3) is 0.136. The number of aryl methyl sites for hydroxylation is 1. The van der Waals surface area contributed by atoms with Crippen LogP contribution < -0.4 is 0 Å². The Morgan fingerprint density at radius 2 is 1.93 bits per heavy atom. The summed E-state index contributed by atoms with van der Waals surface area (Å²) in [6, 6.07) is 17.6. The van der Waals surface area contributed by atoms with Crippen molar-refractivity contribution in [2.24, 2.45) is 0 Å². The number of H-pyrrole nitrogens is 1. The van der Waals surface area contributed by atoms with E-state index < -0.39 is 5.25 Å². The predicted molar refractivity (Wildman–Crippen MR) is 113 cm³/mol. The minimum Gasteiger partial charge on any atom is -0.360 e. The molecular weight excluding hydrogens is 368 g/mol. The van der Waals surface area contributed by atoms with Crippen LogP contribution in [0.1, 0.15) is 27.0 Å². The molecule has 28 heavy (non-hydrogen) atoms. The summed E-state index contributed by atoms with van der Waals surface area (Å²) in [7, 11) is 0. The van der Waals surface area contributed by atoms with Crippen LogP contribution in [-0.2, 0) is 6.54 Å². The van der Waals surface area contributed by atoms with E-state index in [1.807, 2.05) is 66.1 Å². The van der Waals surface area contributed by atoms with E-state index in [-0.39, 0.29) is 5.78 Å². The number of benzene rings is 2. The molecule has 0 aliphatic rings. The number of nitrogens with one attached hydrogen (secondary N) is 1. The maximum absolute atomic E-state index is 13.6. The second-order valence-corrected chi connectivity index (χ2v) is 7.52. The molecule has 0 aliphatic heterocycles. The molecular formula is C22H20N4OS. The molecule has 4 aromatic rings. The smallest absolute Gasteiger partial charge is 0.192 e. The number of aromatic amines is 1. The normalized spacial score (nSPS) is 12.2. The molecule has 2 heterocycles. The lowest BCUT2D eigenvalue weighted by molar-refractivity contribution is 0.0991. The Bertz CT molecular complexity index is 1130. The van der Waals surface area contributed by atoms with Crippen molar-refractivity contribution in [1.29, 1.82) is 0 Å². The van der Waals surface area contributed by atoms with Crippen LogP contribution in [0.2, 0.25) is 0 Å². The highest BCUT2D eigenvalue weighted by atomic mass is 32.2. The molecule has 2 aromatic carbocycles. The summed E-state index contributed by atoms with van der Waals surface area (Å²) in [5.41, 5.74) is 2.57. The zero-order chi connectivity index (χ0) is 19.5. The first-order chi connectivity index (χ1) is 13.7. The highest BCUT2D eigenvalue weighted by molar-refractivity contribution is 8.00. The number of fused-ring (bicyclic) bond motifs is 1. The van der Waals surface area contributed by atoms with Gasteiger partial charge in [0.15, 0.2) is 10.9 Å². The van der Waals surface area contributed by atoms with Crippen LogP contribution in [0, 0.1) is 6.92 Å². The molecule has 0 saturated heterocycles. The third-order valence-electron chi connectivity index (χ3n) is 4.63. The monoisotopic (exact) mass is 388 g/mol. The van der Waals surface area contributed by atoms with E-state index in [9.17, 15) is 4.79 Å². The van der Waals surface area contributed by atoms with Gasteiger partial charge < -0.3 is 9.55 Å². The van der Waals surface area contributed by atoms with Crippen molar-refractivity contribution in [1.82, 2.24) is 19.7 Å². The third kappa shape index (κ3) is 3.39. The molecule has 140 valence electrons. The number of thioether (sulfide) groups is 1. The average molecular weight is 388 g/mol. The van der Waals surface area contributed by atoms with Gasteiger partial charge in [0.05, 0.1) is 0 Å². The summed E-state index contributed by atoms with van der Waals surface area (Å²) in [6.45, 7) is 6.31. The molecule has 0 amide bonds. The molecule has 0 fully saturated rings. The fourth-order valence-electron chi connectivity index (χ4n) is 3.21. The van der Waals surface area contributed by atoms with Gasteiger partial charge in [-0.1, -0.05) is 66.4 Å². The Labute approximate surface area is 167 Å². The number of rotatable bonds is 7. The second kappa shape index (κ2) is 7.86. The molecule has 0 radical (unpaired) electrons. The predicted octanol–water partition coefficient (Wildman–Crippen LogP) is 4.97. The van der Waals surface area contributed by atoms with E-state index >= 15 is 0 Å². The van der Waals surface area contributed by atoms with Crippen LogP contribution >= 0.6 is 11.8 Å². The summed E-state index contributed by atoms with van der Waals surface area (Å²) < 4.78 is 1.97. The van der Waals surface area contributed by atoms with Gasteiger partial charge in [-0.15, -0.1) is 16.8 Å². The highest BCUT2D eigenvalue weighted by Crippen LogP contribution is 2.38. The molecule has 0 aliphatic carbocycles. The molecule has 0 spiro atoms. The van der Waals surface area contributed by atoms with Gasteiger partial charge in [-0.05, 0) is 18.6 Å². The minimum absolute atomic E-state index is 0.0412. The van der Waals surface area contributed by atoms with Gasteiger partial charge in [0.1, 0.15) is 11.1 Å². The fourth-order valence-corrected chi connectivity index (χ4v) is 4.37.